The third kappa shape index (κ3) is 10.7. The summed E-state index contributed by atoms with van der Waals surface area (Å²) < 4.78 is 17.4. The van der Waals surface area contributed by atoms with E-state index in [4.69, 9.17) is 0 Å². The molecular formula is C18H28FN3O2S. The summed E-state index contributed by atoms with van der Waals surface area (Å²) in [6, 6.07) is 6.55. The van der Waals surface area contributed by atoms with Crippen LogP contribution in [-0.2, 0) is 9.53 Å². The first-order valence-corrected chi connectivity index (χ1v) is 9.61. The summed E-state index contributed by atoms with van der Waals surface area (Å²) in [7, 11) is 1.41. The maximum absolute atomic E-state index is 12.8. The highest BCUT2D eigenvalue weighted by atomic mass is 32.2. The monoisotopic (exact) mass is 369 g/mol. The number of nitrogens with zero attached hydrogens (tertiary/aromatic N) is 1. The molecular weight excluding hydrogens is 341 g/mol. The van der Waals surface area contributed by atoms with Crippen LogP contribution in [-0.4, -0.2) is 44.4 Å². The van der Waals surface area contributed by atoms with Gasteiger partial charge in [-0.25, -0.2) is 4.39 Å². The normalized spacial score (nSPS) is 11.2. The fraction of sp³-hybridized carbons (Fsp3) is 0.556. The zero-order valence-corrected chi connectivity index (χ0v) is 15.8. The number of nitrogens with one attached hydrogen (secondary N) is 2. The van der Waals surface area contributed by atoms with E-state index in [1.165, 1.54) is 19.2 Å². The Bertz CT molecular complexity index is 524. The van der Waals surface area contributed by atoms with Crippen LogP contribution in [0.1, 0.15) is 32.6 Å². The van der Waals surface area contributed by atoms with E-state index in [-0.39, 0.29) is 11.8 Å². The Morgan fingerprint density at radius 3 is 2.64 bits per heavy atom. The first-order valence-electron chi connectivity index (χ1n) is 8.63. The second-order valence-corrected chi connectivity index (χ2v) is 6.54. The Balaban J connectivity index is 2.18. The largest absolute Gasteiger partial charge is 0.469 e. The van der Waals surface area contributed by atoms with Crippen molar-refractivity contribution < 1.29 is 13.9 Å². The first kappa shape index (κ1) is 21.3. The van der Waals surface area contributed by atoms with Gasteiger partial charge >= 0.3 is 5.97 Å². The lowest BCUT2D eigenvalue weighted by Crippen LogP contribution is -2.37. The summed E-state index contributed by atoms with van der Waals surface area (Å²) in [5, 5.41) is 6.47. The minimum Gasteiger partial charge on any atom is -0.469 e. The van der Waals surface area contributed by atoms with E-state index in [1.54, 1.807) is 23.9 Å². The molecule has 0 saturated carbocycles. The van der Waals surface area contributed by atoms with Crippen LogP contribution in [0.2, 0.25) is 0 Å². The van der Waals surface area contributed by atoms with Gasteiger partial charge in [0.05, 0.1) is 7.11 Å². The molecule has 0 amide bonds. The average Bonchev–Trinajstić information content (AvgIpc) is 2.62. The molecule has 5 nitrogen and oxygen atoms in total. The quantitative estimate of drug-likeness (QED) is 0.206. The zero-order valence-electron chi connectivity index (χ0n) is 15.0. The van der Waals surface area contributed by atoms with Crippen molar-refractivity contribution in [2.24, 2.45) is 4.99 Å². The van der Waals surface area contributed by atoms with Gasteiger partial charge in [-0.3, -0.25) is 9.79 Å². The molecule has 0 aliphatic rings. The highest BCUT2D eigenvalue weighted by Gasteiger charge is 2.01. The summed E-state index contributed by atoms with van der Waals surface area (Å²) in [6.45, 7) is 4.33. The molecule has 7 heteroatoms. The van der Waals surface area contributed by atoms with Gasteiger partial charge in [0.2, 0.25) is 0 Å². The van der Waals surface area contributed by atoms with Crippen LogP contribution in [0.5, 0.6) is 0 Å². The van der Waals surface area contributed by atoms with Crippen molar-refractivity contribution >= 4 is 23.7 Å². The predicted octanol–water partition coefficient (Wildman–Crippen LogP) is 3.21. The van der Waals surface area contributed by atoms with Gasteiger partial charge in [-0.2, -0.15) is 0 Å². The highest BCUT2D eigenvalue weighted by Crippen LogP contribution is 2.18. The molecule has 25 heavy (non-hydrogen) atoms. The number of halogens is 1. The lowest BCUT2D eigenvalue weighted by Gasteiger charge is -2.11. The van der Waals surface area contributed by atoms with Crippen molar-refractivity contribution in [3.05, 3.63) is 30.1 Å². The number of ether oxygens (including phenoxy) is 1. The molecule has 0 saturated heterocycles. The second-order valence-electron chi connectivity index (χ2n) is 5.38. The lowest BCUT2D eigenvalue weighted by atomic mass is 10.2. The molecule has 0 radical (unpaired) electrons. The van der Waals surface area contributed by atoms with Crippen LogP contribution in [0, 0.1) is 5.82 Å². The number of aliphatic imine (C=N–C) groups is 1. The number of unbranched alkanes of at least 4 members (excludes halogenated alkanes) is 1. The maximum atomic E-state index is 12.8. The number of esters is 1. The minimum absolute atomic E-state index is 0.167. The van der Waals surface area contributed by atoms with E-state index in [0.717, 1.165) is 55.5 Å². The van der Waals surface area contributed by atoms with Gasteiger partial charge in [-0.1, -0.05) is 0 Å². The first-order chi connectivity index (χ1) is 12.2. The third-order valence-electron chi connectivity index (χ3n) is 3.33. The van der Waals surface area contributed by atoms with Gasteiger partial charge in [0.1, 0.15) is 5.82 Å². The van der Waals surface area contributed by atoms with Crippen LogP contribution < -0.4 is 10.6 Å². The highest BCUT2D eigenvalue weighted by molar-refractivity contribution is 7.99. The van der Waals surface area contributed by atoms with E-state index >= 15 is 0 Å². The van der Waals surface area contributed by atoms with Crippen molar-refractivity contribution in [1.29, 1.82) is 0 Å². The summed E-state index contributed by atoms with van der Waals surface area (Å²) in [6.07, 6.45) is 3.08. The van der Waals surface area contributed by atoms with Gasteiger partial charge in [0, 0.05) is 31.0 Å². The fourth-order valence-electron chi connectivity index (χ4n) is 2.02. The number of guanidine groups is 1. The Kier molecular flexibility index (Phi) is 11.5. The van der Waals surface area contributed by atoms with E-state index < -0.39 is 0 Å². The molecule has 2 N–H and O–H groups in total. The molecule has 0 aliphatic carbocycles. The van der Waals surface area contributed by atoms with E-state index in [0.29, 0.717) is 6.42 Å². The van der Waals surface area contributed by atoms with Gasteiger partial charge in [0.15, 0.2) is 5.96 Å². The molecule has 1 rings (SSSR count). The summed E-state index contributed by atoms with van der Waals surface area (Å²) in [4.78, 5) is 16.6. The van der Waals surface area contributed by atoms with Crippen LogP contribution in [0.4, 0.5) is 4.39 Å². The van der Waals surface area contributed by atoms with Crippen LogP contribution >= 0.6 is 11.8 Å². The molecule has 0 fully saturated rings. The zero-order chi connectivity index (χ0) is 18.3. The van der Waals surface area contributed by atoms with Gasteiger partial charge in [-0.05, 0) is 56.2 Å². The molecule has 140 valence electrons. The summed E-state index contributed by atoms with van der Waals surface area (Å²) >= 11 is 1.70. The molecule has 0 heterocycles. The van der Waals surface area contributed by atoms with Gasteiger partial charge in [0.25, 0.3) is 0 Å². The molecule has 0 atom stereocenters. The van der Waals surface area contributed by atoms with Crippen molar-refractivity contribution in [3.63, 3.8) is 0 Å². The number of thioether (sulfide) groups is 1. The van der Waals surface area contributed by atoms with Crippen LogP contribution in [0.15, 0.2) is 34.2 Å². The smallest absolute Gasteiger partial charge is 0.305 e. The van der Waals surface area contributed by atoms with Gasteiger partial charge in [-0.15, -0.1) is 11.8 Å². The number of carbonyl (C=O) groups excluding carboxylic acids is 1. The molecule has 0 unspecified atom stereocenters. The maximum Gasteiger partial charge on any atom is 0.305 e. The average molecular weight is 370 g/mol. The summed E-state index contributed by atoms with van der Waals surface area (Å²) in [5.74, 6) is 1.36. The SMILES string of the molecule is CCNC(=NCCCSc1ccc(F)cc1)NCCCCC(=O)OC. The molecule has 0 aliphatic heterocycles. The number of rotatable bonds is 11. The minimum atomic E-state index is -0.207. The van der Waals surface area contributed by atoms with Crippen LogP contribution in [0.25, 0.3) is 0 Å². The predicted molar refractivity (Wildman–Crippen MR) is 102 cm³/mol. The van der Waals surface area contributed by atoms with Crippen molar-refractivity contribution in [1.82, 2.24) is 10.6 Å². The molecule has 0 bridgehead atoms. The topological polar surface area (TPSA) is 62.7 Å². The Labute approximate surface area is 153 Å². The molecule has 1 aromatic rings. The Morgan fingerprint density at radius 1 is 1.20 bits per heavy atom. The third-order valence-corrected chi connectivity index (χ3v) is 4.43. The number of hydrogen-bond acceptors (Lipinski definition) is 4. The Morgan fingerprint density at radius 2 is 1.96 bits per heavy atom. The van der Waals surface area contributed by atoms with E-state index in [2.05, 4.69) is 20.4 Å². The lowest BCUT2D eigenvalue weighted by molar-refractivity contribution is -0.140. The number of methoxy groups -OCH3 is 1. The van der Waals surface area contributed by atoms with Crippen LogP contribution in [0.3, 0.4) is 0 Å². The number of hydrogen-bond donors (Lipinski definition) is 2. The van der Waals surface area contributed by atoms with E-state index in [1.807, 2.05) is 6.92 Å². The van der Waals surface area contributed by atoms with Crippen molar-refractivity contribution in [2.45, 2.75) is 37.5 Å². The van der Waals surface area contributed by atoms with E-state index in [9.17, 15) is 9.18 Å². The standard InChI is InChI=1S/C18H28FN3O2S/c1-3-20-18(21-12-5-4-7-17(23)24-2)22-13-6-14-25-16-10-8-15(19)9-11-16/h8-11H,3-7,12-14H2,1-2H3,(H2,20,21,22). The summed E-state index contributed by atoms with van der Waals surface area (Å²) in [5.41, 5.74) is 0. The second kappa shape index (κ2) is 13.5. The molecule has 0 spiro atoms. The fourth-order valence-corrected chi connectivity index (χ4v) is 2.86. The Hall–Kier alpha value is -1.76. The van der Waals surface area contributed by atoms with Crippen molar-refractivity contribution in [3.8, 4) is 0 Å². The molecule has 1 aromatic carbocycles. The number of benzene rings is 1. The van der Waals surface area contributed by atoms with Crippen molar-refractivity contribution in [2.75, 3.05) is 32.5 Å². The van der Waals surface area contributed by atoms with Gasteiger partial charge < -0.3 is 15.4 Å². The number of carbonyl (C=O) groups is 1. The molecule has 0 aromatic heterocycles.